The van der Waals surface area contributed by atoms with Crippen LogP contribution in [0, 0.1) is 5.82 Å². The summed E-state index contributed by atoms with van der Waals surface area (Å²) in [7, 11) is 4.50. The quantitative estimate of drug-likeness (QED) is 0.753. The van der Waals surface area contributed by atoms with Gasteiger partial charge in [-0.05, 0) is 6.07 Å². The van der Waals surface area contributed by atoms with Crippen molar-refractivity contribution in [1.82, 2.24) is 5.48 Å². The van der Waals surface area contributed by atoms with Crippen molar-refractivity contribution in [2.24, 2.45) is 0 Å². The summed E-state index contributed by atoms with van der Waals surface area (Å²) in [5.41, 5.74) is 3.51. The Kier molecular flexibility index (Phi) is 5.18. The van der Waals surface area contributed by atoms with Gasteiger partial charge in [0.25, 0.3) is 0 Å². The first-order chi connectivity index (χ1) is 7.74. The molecule has 16 heavy (non-hydrogen) atoms. The van der Waals surface area contributed by atoms with E-state index in [4.69, 9.17) is 14.3 Å². The SMILES string of the molecule is COCc1ccc(OC)c(CNOC)c1F. The molecule has 0 spiro atoms. The van der Waals surface area contributed by atoms with E-state index in [-0.39, 0.29) is 19.0 Å². The van der Waals surface area contributed by atoms with Crippen LogP contribution >= 0.6 is 0 Å². The van der Waals surface area contributed by atoms with Crippen molar-refractivity contribution in [2.75, 3.05) is 21.3 Å². The molecule has 0 unspecified atom stereocenters. The minimum absolute atomic E-state index is 0.232. The van der Waals surface area contributed by atoms with E-state index in [9.17, 15) is 4.39 Å². The lowest BCUT2D eigenvalue weighted by atomic mass is 10.1. The molecule has 90 valence electrons. The third-order valence-electron chi connectivity index (χ3n) is 2.19. The van der Waals surface area contributed by atoms with Gasteiger partial charge in [0.15, 0.2) is 0 Å². The van der Waals surface area contributed by atoms with Crippen LogP contribution in [0.15, 0.2) is 12.1 Å². The maximum atomic E-state index is 14.0. The van der Waals surface area contributed by atoms with Gasteiger partial charge in [0.2, 0.25) is 0 Å². The fourth-order valence-corrected chi connectivity index (χ4v) is 1.42. The van der Waals surface area contributed by atoms with Gasteiger partial charge in [-0.2, -0.15) is 5.48 Å². The molecular formula is C11H16FNO3. The van der Waals surface area contributed by atoms with E-state index in [0.717, 1.165) is 0 Å². The maximum absolute atomic E-state index is 14.0. The van der Waals surface area contributed by atoms with Crippen molar-refractivity contribution in [3.05, 3.63) is 29.1 Å². The number of ether oxygens (including phenoxy) is 2. The minimum atomic E-state index is -0.328. The summed E-state index contributed by atoms with van der Waals surface area (Å²) >= 11 is 0. The molecule has 4 nitrogen and oxygen atoms in total. The minimum Gasteiger partial charge on any atom is -0.496 e. The highest BCUT2D eigenvalue weighted by molar-refractivity contribution is 5.38. The lowest BCUT2D eigenvalue weighted by molar-refractivity contribution is 0.0851. The molecule has 0 fully saturated rings. The molecule has 0 atom stereocenters. The molecule has 1 aromatic carbocycles. The van der Waals surface area contributed by atoms with Gasteiger partial charge in [-0.1, -0.05) is 6.07 Å². The molecule has 0 aliphatic heterocycles. The predicted molar refractivity (Wildman–Crippen MR) is 57.5 cm³/mol. The Labute approximate surface area is 94.3 Å². The number of nitrogens with one attached hydrogen (secondary N) is 1. The van der Waals surface area contributed by atoms with Crippen molar-refractivity contribution in [2.45, 2.75) is 13.2 Å². The summed E-state index contributed by atoms with van der Waals surface area (Å²) in [6.07, 6.45) is 0. The van der Waals surface area contributed by atoms with Crippen LogP contribution in [0.3, 0.4) is 0 Å². The summed E-state index contributed by atoms with van der Waals surface area (Å²) < 4.78 is 24.0. The molecule has 0 aliphatic rings. The summed E-state index contributed by atoms with van der Waals surface area (Å²) in [6, 6.07) is 3.36. The second-order valence-electron chi connectivity index (χ2n) is 3.18. The van der Waals surface area contributed by atoms with E-state index in [1.165, 1.54) is 21.3 Å². The molecule has 0 heterocycles. The molecule has 1 aromatic rings. The summed E-state index contributed by atoms with van der Waals surface area (Å²) in [4.78, 5) is 4.70. The molecule has 0 aromatic heterocycles. The predicted octanol–water partition coefficient (Wildman–Crippen LogP) is 1.63. The number of benzene rings is 1. The van der Waals surface area contributed by atoms with Gasteiger partial charge < -0.3 is 14.3 Å². The molecule has 5 heteroatoms. The van der Waals surface area contributed by atoms with Gasteiger partial charge in [0.1, 0.15) is 11.6 Å². The Balaban J connectivity index is 3.02. The van der Waals surface area contributed by atoms with Gasteiger partial charge in [-0.25, -0.2) is 4.39 Å². The summed E-state index contributed by atoms with van der Waals surface area (Å²) in [5.74, 6) is 0.160. The lowest BCUT2D eigenvalue weighted by Crippen LogP contribution is -2.14. The van der Waals surface area contributed by atoms with Crippen LogP contribution in [-0.4, -0.2) is 21.3 Å². The van der Waals surface area contributed by atoms with E-state index in [1.54, 1.807) is 12.1 Å². The molecular weight excluding hydrogens is 213 g/mol. The normalized spacial score (nSPS) is 10.5. The van der Waals surface area contributed by atoms with Crippen molar-refractivity contribution in [3.63, 3.8) is 0 Å². The largest absolute Gasteiger partial charge is 0.496 e. The van der Waals surface area contributed by atoms with E-state index >= 15 is 0 Å². The van der Waals surface area contributed by atoms with Crippen LogP contribution < -0.4 is 10.2 Å². The van der Waals surface area contributed by atoms with Gasteiger partial charge in [-0.3, -0.25) is 0 Å². The van der Waals surface area contributed by atoms with Gasteiger partial charge in [0.05, 0.1) is 27.4 Å². The van der Waals surface area contributed by atoms with Crippen molar-refractivity contribution in [1.29, 1.82) is 0 Å². The van der Waals surface area contributed by atoms with Gasteiger partial charge in [-0.15, -0.1) is 0 Å². The monoisotopic (exact) mass is 229 g/mol. The number of methoxy groups -OCH3 is 2. The maximum Gasteiger partial charge on any atom is 0.137 e. The van der Waals surface area contributed by atoms with E-state index in [2.05, 4.69) is 5.48 Å². The molecule has 0 bridgehead atoms. The second kappa shape index (κ2) is 6.42. The Bertz CT molecular complexity index is 344. The van der Waals surface area contributed by atoms with Crippen molar-refractivity contribution < 1.29 is 18.7 Å². The fourth-order valence-electron chi connectivity index (χ4n) is 1.42. The van der Waals surface area contributed by atoms with Crippen LogP contribution in [0.25, 0.3) is 0 Å². The topological polar surface area (TPSA) is 39.7 Å². The summed E-state index contributed by atoms with van der Waals surface area (Å²) in [5, 5.41) is 0. The molecule has 0 saturated heterocycles. The van der Waals surface area contributed by atoms with E-state index in [1.807, 2.05) is 0 Å². The van der Waals surface area contributed by atoms with E-state index in [0.29, 0.717) is 16.9 Å². The van der Waals surface area contributed by atoms with Gasteiger partial charge in [0, 0.05) is 18.2 Å². The highest BCUT2D eigenvalue weighted by Gasteiger charge is 2.13. The Morgan fingerprint density at radius 1 is 1.25 bits per heavy atom. The Morgan fingerprint density at radius 3 is 2.56 bits per heavy atom. The zero-order valence-electron chi connectivity index (χ0n) is 9.67. The van der Waals surface area contributed by atoms with Crippen LogP contribution in [0.4, 0.5) is 4.39 Å². The zero-order chi connectivity index (χ0) is 12.0. The number of rotatable bonds is 6. The molecule has 0 amide bonds. The Morgan fingerprint density at radius 2 is 2.00 bits per heavy atom. The van der Waals surface area contributed by atoms with E-state index < -0.39 is 0 Å². The van der Waals surface area contributed by atoms with Crippen molar-refractivity contribution >= 4 is 0 Å². The lowest BCUT2D eigenvalue weighted by Gasteiger charge is -2.12. The third kappa shape index (κ3) is 2.91. The summed E-state index contributed by atoms with van der Waals surface area (Å²) in [6.45, 7) is 0.471. The molecule has 0 saturated carbocycles. The van der Waals surface area contributed by atoms with Crippen LogP contribution in [0.5, 0.6) is 5.75 Å². The fraction of sp³-hybridized carbons (Fsp3) is 0.455. The number of hydrogen-bond donors (Lipinski definition) is 1. The standard InChI is InChI=1S/C11H16FNO3/c1-14-7-8-4-5-10(15-2)9(11(8)12)6-13-16-3/h4-5,13H,6-7H2,1-3H3. The second-order valence-corrected chi connectivity index (χ2v) is 3.18. The first kappa shape index (κ1) is 12.9. The van der Waals surface area contributed by atoms with Crippen LogP contribution in [-0.2, 0) is 22.7 Å². The molecule has 1 rings (SSSR count). The number of hydroxylamine groups is 1. The number of halogens is 1. The average Bonchev–Trinajstić information content (AvgIpc) is 2.30. The third-order valence-corrected chi connectivity index (χ3v) is 2.19. The highest BCUT2D eigenvalue weighted by Crippen LogP contribution is 2.24. The first-order valence-corrected chi connectivity index (χ1v) is 4.83. The molecule has 0 radical (unpaired) electrons. The zero-order valence-corrected chi connectivity index (χ0v) is 9.67. The van der Waals surface area contributed by atoms with Gasteiger partial charge >= 0.3 is 0 Å². The molecule has 1 N–H and O–H groups in total. The first-order valence-electron chi connectivity index (χ1n) is 4.83. The smallest absolute Gasteiger partial charge is 0.137 e. The molecule has 0 aliphatic carbocycles. The Hall–Kier alpha value is -1.17. The van der Waals surface area contributed by atoms with Crippen LogP contribution in [0.1, 0.15) is 11.1 Å². The average molecular weight is 229 g/mol. The van der Waals surface area contributed by atoms with Crippen molar-refractivity contribution in [3.8, 4) is 5.75 Å². The van der Waals surface area contributed by atoms with Crippen LogP contribution in [0.2, 0.25) is 0 Å². The highest BCUT2D eigenvalue weighted by atomic mass is 19.1. The number of hydrogen-bond acceptors (Lipinski definition) is 4.